The molecule has 0 spiro atoms. The van der Waals surface area contributed by atoms with E-state index < -0.39 is 5.97 Å². The number of nitrogen functional groups attached to an aromatic ring is 1. The van der Waals surface area contributed by atoms with Crippen LogP contribution in [0.1, 0.15) is 27.0 Å². The van der Waals surface area contributed by atoms with Gasteiger partial charge >= 0.3 is 5.97 Å². The summed E-state index contributed by atoms with van der Waals surface area (Å²) in [6.45, 7) is 2.29. The van der Waals surface area contributed by atoms with Crippen molar-refractivity contribution in [1.82, 2.24) is 0 Å². The smallest absolute Gasteiger partial charge is 0.340 e. The van der Waals surface area contributed by atoms with Gasteiger partial charge in [-0.25, -0.2) is 4.79 Å². The van der Waals surface area contributed by atoms with Crippen molar-refractivity contribution in [2.24, 2.45) is 0 Å². The van der Waals surface area contributed by atoms with E-state index in [1.807, 2.05) is 12.1 Å². The number of carbonyl (C=O) groups excluding carboxylic acids is 1. The lowest BCUT2D eigenvalue weighted by atomic mass is 10.2. The zero-order chi connectivity index (χ0) is 14.7. The van der Waals surface area contributed by atoms with Crippen LogP contribution in [-0.2, 0) is 17.8 Å². The molecular weight excluding hydrogens is 317 g/mol. The Kier molecular flexibility index (Phi) is 4.91. The largest absolute Gasteiger partial charge is 0.456 e. The van der Waals surface area contributed by atoms with Gasteiger partial charge in [-0.1, -0.05) is 30.1 Å². The third-order valence-corrected chi connectivity index (χ3v) is 4.69. The number of carbonyl (C=O) groups is 1. The molecule has 3 nitrogen and oxygen atoms in total. The molecule has 1 heterocycles. The summed E-state index contributed by atoms with van der Waals surface area (Å²) in [7, 11) is 0. The van der Waals surface area contributed by atoms with Crippen molar-refractivity contribution in [3.8, 4) is 0 Å². The van der Waals surface area contributed by atoms with Gasteiger partial charge < -0.3 is 10.5 Å². The number of halogens is 2. The lowest BCUT2D eigenvalue weighted by molar-refractivity contribution is 0.0477. The molecule has 0 bridgehead atoms. The quantitative estimate of drug-likeness (QED) is 0.660. The van der Waals surface area contributed by atoms with Crippen molar-refractivity contribution in [1.29, 1.82) is 0 Å². The fourth-order valence-electron chi connectivity index (χ4n) is 1.66. The average molecular weight is 330 g/mol. The standard InChI is InChI=1S/C14H13Cl2NO2S/c1-2-9-3-4-10(20-9)7-19-14(18)11-5-8(17)6-12(15)13(11)16/h3-6H,2,7,17H2,1H3. The Morgan fingerprint density at radius 2 is 2.00 bits per heavy atom. The van der Waals surface area contributed by atoms with Gasteiger partial charge in [-0.3, -0.25) is 0 Å². The Labute approximate surface area is 131 Å². The number of ether oxygens (including phenoxy) is 1. The van der Waals surface area contributed by atoms with Crippen LogP contribution in [-0.4, -0.2) is 5.97 Å². The van der Waals surface area contributed by atoms with E-state index >= 15 is 0 Å². The normalized spacial score (nSPS) is 10.6. The van der Waals surface area contributed by atoms with Crippen LogP contribution in [0, 0.1) is 0 Å². The molecule has 0 saturated heterocycles. The monoisotopic (exact) mass is 329 g/mol. The van der Waals surface area contributed by atoms with Gasteiger partial charge in [0.15, 0.2) is 0 Å². The van der Waals surface area contributed by atoms with Gasteiger partial charge in [-0.2, -0.15) is 0 Å². The first kappa shape index (κ1) is 15.2. The molecule has 1 aromatic carbocycles. The van der Waals surface area contributed by atoms with E-state index in [0.717, 1.165) is 11.3 Å². The Hall–Kier alpha value is -1.23. The molecule has 0 radical (unpaired) electrons. The van der Waals surface area contributed by atoms with E-state index in [2.05, 4.69) is 6.92 Å². The second kappa shape index (κ2) is 6.48. The number of esters is 1. The van der Waals surface area contributed by atoms with Gasteiger partial charge in [0.1, 0.15) is 6.61 Å². The molecule has 6 heteroatoms. The Bertz CT molecular complexity index is 640. The summed E-state index contributed by atoms with van der Waals surface area (Å²) in [5.74, 6) is -0.532. The molecule has 1 aromatic heterocycles. The summed E-state index contributed by atoms with van der Waals surface area (Å²) in [4.78, 5) is 14.2. The first-order valence-corrected chi connectivity index (χ1v) is 7.57. The van der Waals surface area contributed by atoms with E-state index in [0.29, 0.717) is 5.69 Å². The summed E-state index contributed by atoms with van der Waals surface area (Å²) >= 11 is 13.5. The van der Waals surface area contributed by atoms with Crippen molar-refractivity contribution in [3.05, 3.63) is 49.6 Å². The molecule has 0 atom stereocenters. The number of hydrogen-bond acceptors (Lipinski definition) is 4. The van der Waals surface area contributed by atoms with Gasteiger partial charge in [0.2, 0.25) is 0 Å². The van der Waals surface area contributed by atoms with Crippen molar-refractivity contribution < 1.29 is 9.53 Å². The molecule has 0 amide bonds. The summed E-state index contributed by atoms with van der Waals surface area (Å²) in [5, 5.41) is 0.398. The zero-order valence-corrected chi connectivity index (χ0v) is 13.1. The number of nitrogens with two attached hydrogens (primary N) is 1. The van der Waals surface area contributed by atoms with Crippen molar-refractivity contribution in [2.75, 3.05) is 5.73 Å². The molecule has 106 valence electrons. The molecule has 2 aromatic rings. The molecule has 2 N–H and O–H groups in total. The molecule has 20 heavy (non-hydrogen) atoms. The maximum atomic E-state index is 12.0. The summed E-state index contributed by atoms with van der Waals surface area (Å²) in [6, 6.07) is 6.93. The lowest BCUT2D eigenvalue weighted by Gasteiger charge is -2.07. The highest BCUT2D eigenvalue weighted by Gasteiger charge is 2.16. The highest BCUT2D eigenvalue weighted by atomic mass is 35.5. The predicted molar refractivity (Wildman–Crippen MR) is 83.7 cm³/mol. The maximum Gasteiger partial charge on any atom is 0.340 e. The molecule has 0 fully saturated rings. The number of aryl methyl sites for hydroxylation is 1. The van der Waals surface area contributed by atoms with Gasteiger partial charge in [0.25, 0.3) is 0 Å². The van der Waals surface area contributed by atoms with Gasteiger partial charge in [0.05, 0.1) is 15.6 Å². The van der Waals surface area contributed by atoms with Crippen LogP contribution in [0.25, 0.3) is 0 Å². The maximum absolute atomic E-state index is 12.0. The highest BCUT2D eigenvalue weighted by molar-refractivity contribution is 7.11. The average Bonchev–Trinajstić information content (AvgIpc) is 2.88. The van der Waals surface area contributed by atoms with Crippen LogP contribution in [0.4, 0.5) is 5.69 Å². The van der Waals surface area contributed by atoms with E-state index in [1.54, 1.807) is 11.3 Å². The van der Waals surface area contributed by atoms with Crippen molar-refractivity contribution in [3.63, 3.8) is 0 Å². The fourth-order valence-corrected chi connectivity index (χ4v) is 2.95. The molecular formula is C14H13Cl2NO2S. The van der Waals surface area contributed by atoms with Crippen LogP contribution in [0.2, 0.25) is 10.0 Å². The fraction of sp³-hybridized carbons (Fsp3) is 0.214. The minimum Gasteiger partial charge on any atom is -0.456 e. The van der Waals surface area contributed by atoms with E-state index in [-0.39, 0.29) is 22.2 Å². The lowest BCUT2D eigenvalue weighted by Crippen LogP contribution is -2.06. The zero-order valence-electron chi connectivity index (χ0n) is 10.8. The molecule has 0 aliphatic rings. The first-order chi connectivity index (χ1) is 9.51. The van der Waals surface area contributed by atoms with Gasteiger partial charge in [-0.15, -0.1) is 11.3 Å². The highest BCUT2D eigenvalue weighted by Crippen LogP contribution is 2.29. The van der Waals surface area contributed by atoms with Crippen molar-refractivity contribution in [2.45, 2.75) is 20.0 Å². The molecule has 0 saturated carbocycles. The number of rotatable bonds is 4. The number of hydrogen-bond donors (Lipinski definition) is 1. The SMILES string of the molecule is CCc1ccc(COC(=O)c2cc(N)cc(Cl)c2Cl)s1. The van der Waals surface area contributed by atoms with Crippen molar-refractivity contribution >= 4 is 46.2 Å². The first-order valence-electron chi connectivity index (χ1n) is 6.00. The van der Waals surface area contributed by atoms with Gasteiger partial charge in [0, 0.05) is 15.4 Å². The third kappa shape index (κ3) is 3.45. The second-order valence-corrected chi connectivity index (χ2v) is 6.20. The number of anilines is 1. The number of benzene rings is 1. The molecule has 0 unspecified atom stereocenters. The van der Waals surface area contributed by atoms with E-state index in [9.17, 15) is 4.79 Å². The van der Waals surface area contributed by atoms with Gasteiger partial charge in [-0.05, 0) is 30.7 Å². The topological polar surface area (TPSA) is 52.3 Å². The van der Waals surface area contributed by atoms with E-state index in [4.69, 9.17) is 33.7 Å². The number of thiophene rings is 1. The Morgan fingerprint density at radius 3 is 2.65 bits per heavy atom. The molecule has 0 aliphatic heterocycles. The van der Waals surface area contributed by atoms with Crippen LogP contribution in [0.15, 0.2) is 24.3 Å². The molecule has 2 rings (SSSR count). The Balaban J connectivity index is 2.09. The Morgan fingerprint density at radius 1 is 1.30 bits per heavy atom. The second-order valence-electron chi connectivity index (χ2n) is 4.16. The van der Waals surface area contributed by atoms with Crippen LogP contribution in [0.3, 0.4) is 0 Å². The van der Waals surface area contributed by atoms with Crippen LogP contribution < -0.4 is 5.73 Å². The minimum atomic E-state index is -0.532. The minimum absolute atomic E-state index is 0.159. The van der Waals surface area contributed by atoms with E-state index in [1.165, 1.54) is 17.0 Å². The predicted octanol–water partition coefficient (Wildman–Crippen LogP) is 4.56. The third-order valence-electron chi connectivity index (χ3n) is 2.68. The summed E-state index contributed by atoms with van der Waals surface area (Å²) < 4.78 is 5.24. The molecule has 0 aliphatic carbocycles. The summed E-state index contributed by atoms with van der Waals surface area (Å²) in [5.41, 5.74) is 6.20. The summed E-state index contributed by atoms with van der Waals surface area (Å²) in [6.07, 6.45) is 0.968. The van der Waals surface area contributed by atoms with Crippen LogP contribution >= 0.6 is 34.5 Å². The van der Waals surface area contributed by atoms with Crippen LogP contribution in [0.5, 0.6) is 0 Å².